The van der Waals surface area contributed by atoms with E-state index in [-0.39, 0.29) is 16.2 Å². The third-order valence-corrected chi connectivity index (χ3v) is 6.76. The molecule has 1 fully saturated rings. The van der Waals surface area contributed by atoms with Crippen LogP contribution < -0.4 is 19.5 Å². The molecule has 0 aromatic heterocycles. The quantitative estimate of drug-likeness (QED) is 0.686. The van der Waals surface area contributed by atoms with E-state index in [2.05, 4.69) is 5.32 Å². The van der Waals surface area contributed by atoms with Gasteiger partial charge < -0.3 is 19.5 Å². The number of carbonyl (C=O) groups excluding carboxylic acids is 1. The number of sulfonamides is 1. The molecule has 1 heterocycles. The fourth-order valence-electron chi connectivity index (χ4n) is 3.30. The lowest BCUT2D eigenvalue weighted by Gasteiger charge is -2.19. The second-order valence-electron chi connectivity index (χ2n) is 6.73. The van der Waals surface area contributed by atoms with E-state index in [1.54, 1.807) is 25.1 Å². The number of rotatable bonds is 8. The molecule has 1 N–H and O–H groups in total. The van der Waals surface area contributed by atoms with Crippen molar-refractivity contribution in [2.24, 2.45) is 0 Å². The van der Waals surface area contributed by atoms with Gasteiger partial charge in [-0.1, -0.05) is 0 Å². The van der Waals surface area contributed by atoms with Crippen LogP contribution in [-0.2, 0) is 10.0 Å². The van der Waals surface area contributed by atoms with Gasteiger partial charge in [-0.25, -0.2) is 8.42 Å². The molecule has 0 atom stereocenters. The van der Waals surface area contributed by atoms with Gasteiger partial charge in [-0.15, -0.1) is 0 Å². The molecule has 0 radical (unpaired) electrons. The minimum Gasteiger partial charge on any atom is -0.497 e. The number of amides is 1. The summed E-state index contributed by atoms with van der Waals surface area (Å²) in [5.74, 6) is 0.775. The Hall–Kier alpha value is -2.78. The van der Waals surface area contributed by atoms with E-state index in [9.17, 15) is 13.2 Å². The first kappa shape index (κ1) is 21.9. The molecule has 1 saturated heterocycles. The maximum Gasteiger partial charge on any atom is 0.255 e. The summed E-state index contributed by atoms with van der Waals surface area (Å²) in [5.41, 5.74) is 0.612. The molecule has 9 heteroatoms. The molecule has 0 bridgehead atoms. The van der Waals surface area contributed by atoms with Crippen molar-refractivity contribution in [2.45, 2.75) is 24.7 Å². The number of anilines is 1. The number of benzene rings is 2. The number of nitrogens with one attached hydrogen (secondary N) is 1. The molecular weight excluding hydrogens is 408 g/mol. The van der Waals surface area contributed by atoms with Crippen LogP contribution in [0.25, 0.3) is 0 Å². The summed E-state index contributed by atoms with van der Waals surface area (Å²) < 4.78 is 43.7. The zero-order valence-electron chi connectivity index (χ0n) is 17.3. The van der Waals surface area contributed by atoms with E-state index in [0.717, 1.165) is 12.8 Å². The van der Waals surface area contributed by atoms with Gasteiger partial charge in [0, 0.05) is 24.7 Å². The van der Waals surface area contributed by atoms with Crippen LogP contribution in [0, 0.1) is 0 Å². The fraction of sp³-hybridized carbons (Fsp3) is 0.381. The van der Waals surface area contributed by atoms with Crippen LogP contribution >= 0.6 is 0 Å². The number of nitrogens with zero attached hydrogens (tertiary/aromatic N) is 1. The first-order valence-corrected chi connectivity index (χ1v) is 11.1. The number of hydrogen-bond donors (Lipinski definition) is 1. The van der Waals surface area contributed by atoms with E-state index in [0.29, 0.717) is 36.9 Å². The molecule has 1 aliphatic heterocycles. The Morgan fingerprint density at radius 3 is 2.37 bits per heavy atom. The summed E-state index contributed by atoms with van der Waals surface area (Å²) in [6.45, 7) is 3.02. The normalized spacial score (nSPS) is 14.4. The van der Waals surface area contributed by atoms with Crippen molar-refractivity contribution in [1.29, 1.82) is 0 Å². The van der Waals surface area contributed by atoms with Crippen LogP contribution in [0.4, 0.5) is 5.69 Å². The van der Waals surface area contributed by atoms with Crippen LogP contribution in [0.1, 0.15) is 30.1 Å². The van der Waals surface area contributed by atoms with Crippen molar-refractivity contribution in [2.75, 3.05) is 39.2 Å². The van der Waals surface area contributed by atoms with Crippen LogP contribution in [0.5, 0.6) is 17.2 Å². The summed E-state index contributed by atoms with van der Waals surface area (Å²) in [6, 6.07) is 9.44. The molecular formula is C21H26N2O6S. The number of carbonyl (C=O) groups is 1. The highest BCUT2D eigenvalue weighted by atomic mass is 32.2. The highest BCUT2D eigenvalue weighted by Gasteiger charge is 2.31. The molecule has 1 amide bonds. The van der Waals surface area contributed by atoms with Gasteiger partial charge in [-0.05, 0) is 50.1 Å². The Labute approximate surface area is 176 Å². The predicted molar refractivity (Wildman–Crippen MR) is 113 cm³/mol. The molecule has 0 unspecified atom stereocenters. The van der Waals surface area contributed by atoms with E-state index in [4.69, 9.17) is 14.2 Å². The topological polar surface area (TPSA) is 94.2 Å². The van der Waals surface area contributed by atoms with Gasteiger partial charge in [0.05, 0.1) is 26.5 Å². The molecule has 8 nitrogen and oxygen atoms in total. The Kier molecular flexibility index (Phi) is 6.84. The minimum absolute atomic E-state index is 0.00323. The van der Waals surface area contributed by atoms with Gasteiger partial charge in [0.25, 0.3) is 5.91 Å². The number of ether oxygens (including phenoxy) is 3. The van der Waals surface area contributed by atoms with Gasteiger partial charge in [0.2, 0.25) is 10.0 Å². The predicted octanol–water partition coefficient (Wildman–Crippen LogP) is 3.14. The maximum absolute atomic E-state index is 13.1. The molecule has 0 aliphatic carbocycles. The number of methoxy groups -OCH3 is 2. The summed E-state index contributed by atoms with van der Waals surface area (Å²) in [6.07, 6.45) is 1.64. The van der Waals surface area contributed by atoms with Crippen LogP contribution in [-0.4, -0.2) is 52.5 Å². The van der Waals surface area contributed by atoms with Gasteiger partial charge >= 0.3 is 0 Å². The van der Waals surface area contributed by atoms with E-state index in [1.165, 1.54) is 36.7 Å². The Morgan fingerprint density at radius 2 is 1.73 bits per heavy atom. The highest BCUT2D eigenvalue weighted by Crippen LogP contribution is 2.32. The first-order chi connectivity index (χ1) is 14.4. The Morgan fingerprint density at radius 1 is 1.03 bits per heavy atom. The van der Waals surface area contributed by atoms with Crippen LogP contribution in [0.2, 0.25) is 0 Å². The van der Waals surface area contributed by atoms with Gasteiger partial charge in [-0.3, -0.25) is 4.79 Å². The lowest BCUT2D eigenvalue weighted by molar-refractivity contribution is 0.102. The fourth-order valence-corrected chi connectivity index (χ4v) is 4.97. The summed E-state index contributed by atoms with van der Waals surface area (Å²) in [5, 5.41) is 2.76. The highest BCUT2D eigenvalue weighted by molar-refractivity contribution is 7.89. The molecule has 1 aliphatic rings. The van der Waals surface area contributed by atoms with E-state index >= 15 is 0 Å². The van der Waals surface area contributed by atoms with Crippen molar-refractivity contribution in [1.82, 2.24) is 4.31 Å². The molecule has 2 aromatic carbocycles. The standard InChI is InChI=1S/C21H26N2O6S/c1-4-29-19-9-7-15(13-20(19)30(25,26)23-11-5-6-12-23)21(24)22-17-14-16(27-2)8-10-18(17)28-3/h7-10,13-14H,4-6,11-12H2,1-3H3,(H,22,24). The molecule has 30 heavy (non-hydrogen) atoms. The van der Waals surface area contributed by atoms with Crippen molar-refractivity contribution in [3.63, 3.8) is 0 Å². The average Bonchev–Trinajstić information content (AvgIpc) is 3.30. The summed E-state index contributed by atoms with van der Waals surface area (Å²) in [7, 11) is -0.742. The third kappa shape index (κ3) is 4.52. The second-order valence-corrected chi connectivity index (χ2v) is 8.63. The lowest BCUT2D eigenvalue weighted by atomic mass is 10.2. The Balaban J connectivity index is 1.96. The number of hydrogen-bond acceptors (Lipinski definition) is 6. The average molecular weight is 435 g/mol. The SMILES string of the molecule is CCOc1ccc(C(=O)Nc2cc(OC)ccc2OC)cc1S(=O)(=O)N1CCCC1. The lowest BCUT2D eigenvalue weighted by Crippen LogP contribution is -2.28. The first-order valence-electron chi connectivity index (χ1n) is 9.71. The summed E-state index contributed by atoms with van der Waals surface area (Å²) in [4.78, 5) is 12.9. The largest absolute Gasteiger partial charge is 0.497 e. The smallest absolute Gasteiger partial charge is 0.255 e. The van der Waals surface area contributed by atoms with Crippen LogP contribution in [0.3, 0.4) is 0 Å². The third-order valence-electron chi connectivity index (χ3n) is 4.84. The van der Waals surface area contributed by atoms with Gasteiger partial charge in [-0.2, -0.15) is 4.31 Å². The van der Waals surface area contributed by atoms with E-state index in [1.807, 2.05) is 0 Å². The second kappa shape index (κ2) is 9.36. The zero-order chi connectivity index (χ0) is 21.7. The molecule has 3 rings (SSSR count). The minimum atomic E-state index is -3.76. The molecule has 0 saturated carbocycles. The van der Waals surface area contributed by atoms with E-state index < -0.39 is 15.9 Å². The molecule has 162 valence electrons. The molecule has 0 spiro atoms. The van der Waals surface area contributed by atoms with Gasteiger partial charge in [0.15, 0.2) is 0 Å². The molecule has 2 aromatic rings. The zero-order valence-corrected chi connectivity index (χ0v) is 18.1. The van der Waals surface area contributed by atoms with Crippen molar-refractivity contribution in [3.8, 4) is 17.2 Å². The summed E-state index contributed by atoms with van der Waals surface area (Å²) >= 11 is 0. The van der Waals surface area contributed by atoms with Crippen LogP contribution in [0.15, 0.2) is 41.3 Å². The van der Waals surface area contributed by atoms with Crippen molar-refractivity contribution < 1.29 is 27.4 Å². The monoisotopic (exact) mass is 434 g/mol. The maximum atomic E-state index is 13.1. The van der Waals surface area contributed by atoms with Crippen molar-refractivity contribution in [3.05, 3.63) is 42.0 Å². The Bertz CT molecular complexity index is 1020. The van der Waals surface area contributed by atoms with Crippen molar-refractivity contribution >= 4 is 21.6 Å². The van der Waals surface area contributed by atoms with Gasteiger partial charge in [0.1, 0.15) is 22.1 Å².